The summed E-state index contributed by atoms with van der Waals surface area (Å²) in [5, 5.41) is 45.3. The molecule has 9 rings (SSSR count). The Morgan fingerprint density at radius 3 is 0.946 bits per heavy atom. The number of H-pyrrole nitrogens is 2. The number of hydrogen-bond acceptors (Lipinski definition) is 10. The molecule has 7 aromatic rings. The van der Waals surface area contributed by atoms with E-state index in [1.54, 1.807) is 24.3 Å². The molecule has 0 fully saturated rings. The number of aromatic nitrogens is 4. The number of phenolic OH excluding ortho intramolecular Hbond substituents is 4. The molecule has 0 unspecified atom stereocenters. The first-order valence-corrected chi connectivity index (χ1v) is 17.5. The van der Waals surface area contributed by atoms with Gasteiger partial charge in [-0.05, 0) is 84.0 Å². The Morgan fingerprint density at radius 2 is 0.625 bits per heavy atom. The van der Waals surface area contributed by atoms with Gasteiger partial charge in [0.15, 0.2) is 0 Å². The highest BCUT2D eigenvalue weighted by Crippen LogP contribution is 2.46. The summed E-state index contributed by atoms with van der Waals surface area (Å²) in [6.07, 6.45) is 7.34. The number of nitrogens with zero attached hydrogens (tertiary/aromatic N) is 2. The fourth-order valence-electron chi connectivity index (χ4n) is 7.42. The lowest BCUT2D eigenvalue weighted by Crippen LogP contribution is -1.92. The minimum Gasteiger partial charge on any atom is -0.507 e. The smallest absolute Gasteiger partial charge is 0.129 e. The zero-order chi connectivity index (χ0) is 38.8. The van der Waals surface area contributed by atoms with E-state index in [1.165, 1.54) is 24.3 Å². The first kappa shape index (κ1) is 33.7. The van der Waals surface area contributed by atoms with Crippen LogP contribution >= 0.6 is 0 Å². The highest BCUT2D eigenvalue weighted by atomic mass is 16.3. The Morgan fingerprint density at radius 1 is 0.339 bits per heavy atom. The van der Waals surface area contributed by atoms with Crippen LogP contribution in [0.3, 0.4) is 0 Å². The SMILES string of the molecule is Nc1ccc(-c2c3nc(c(-c4c(O)cc(N)cc4O)c4ccc([nH]4)c(-c4ccc(N)cc4)c4nc(c(-c5c(O)cc(N)cc5O)c5ccc2[nH]5)C=C4)C=C3)cc1. The summed E-state index contributed by atoms with van der Waals surface area (Å²) in [7, 11) is 0. The van der Waals surface area contributed by atoms with E-state index in [1.807, 2.05) is 72.8 Å². The summed E-state index contributed by atoms with van der Waals surface area (Å²) >= 11 is 0. The average molecular weight is 739 g/mol. The van der Waals surface area contributed by atoms with Gasteiger partial charge in [0.25, 0.3) is 0 Å². The predicted molar refractivity (Wildman–Crippen MR) is 225 cm³/mol. The average Bonchev–Trinajstić information content (AvgIpc) is 3.99. The third-order valence-electron chi connectivity index (χ3n) is 9.89. The van der Waals surface area contributed by atoms with E-state index in [9.17, 15) is 20.4 Å². The highest BCUT2D eigenvalue weighted by Gasteiger charge is 2.23. The van der Waals surface area contributed by atoms with Crippen LogP contribution in [0.1, 0.15) is 22.8 Å². The van der Waals surface area contributed by atoms with Gasteiger partial charge in [-0.3, -0.25) is 0 Å². The third-order valence-corrected chi connectivity index (χ3v) is 9.89. The predicted octanol–water partition coefficient (Wildman–Crippen LogP) is 8.47. The number of benzene rings is 4. The number of phenols is 4. The van der Waals surface area contributed by atoms with Gasteiger partial charge in [0.05, 0.1) is 33.9 Å². The normalized spacial score (nSPS) is 12.0. The van der Waals surface area contributed by atoms with E-state index in [-0.39, 0.29) is 45.5 Å². The number of nitrogens with two attached hydrogens (primary N) is 4. The van der Waals surface area contributed by atoms with Crippen molar-refractivity contribution in [2.45, 2.75) is 0 Å². The van der Waals surface area contributed by atoms with Gasteiger partial charge in [-0.2, -0.15) is 0 Å². The molecule has 3 aromatic heterocycles. The first-order chi connectivity index (χ1) is 27.0. The van der Waals surface area contributed by atoms with Gasteiger partial charge in [-0.1, -0.05) is 24.3 Å². The second kappa shape index (κ2) is 12.8. The van der Waals surface area contributed by atoms with Crippen molar-refractivity contribution >= 4 is 69.1 Å². The van der Waals surface area contributed by atoms with E-state index < -0.39 is 0 Å². The molecule has 5 heterocycles. The number of fused-ring (bicyclic) bond motifs is 8. The summed E-state index contributed by atoms with van der Waals surface area (Å²) in [5.41, 5.74) is 34.3. The van der Waals surface area contributed by atoms with Crippen LogP contribution in [0.5, 0.6) is 23.0 Å². The summed E-state index contributed by atoms with van der Waals surface area (Å²) < 4.78 is 0. The summed E-state index contributed by atoms with van der Waals surface area (Å²) in [4.78, 5) is 17.3. The van der Waals surface area contributed by atoms with Crippen LogP contribution in [0.2, 0.25) is 0 Å². The molecule has 274 valence electrons. The highest BCUT2D eigenvalue weighted by molar-refractivity contribution is 6.02. The molecule has 2 aliphatic rings. The summed E-state index contributed by atoms with van der Waals surface area (Å²) in [6, 6.07) is 27.7. The first-order valence-electron chi connectivity index (χ1n) is 17.5. The lowest BCUT2D eigenvalue weighted by Gasteiger charge is -2.11. The Kier molecular flexibility index (Phi) is 7.69. The van der Waals surface area contributed by atoms with Crippen LogP contribution in [0.25, 0.3) is 90.9 Å². The van der Waals surface area contributed by atoms with Gasteiger partial charge in [0.1, 0.15) is 23.0 Å². The molecular formula is C44H34N8O4. The molecule has 56 heavy (non-hydrogen) atoms. The molecule has 12 nitrogen and oxygen atoms in total. The lowest BCUT2D eigenvalue weighted by atomic mass is 10.0. The largest absolute Gasteiger partial charge is 0.507 e. The maximum absolute atomic E-state index is 11.3. The van der Waals surface area contributed by atoms with Gasteiger partial charge in [0.2, 0.25) is 0 Å². The molecule has 0 atom stereocenters. The van der Waals surface area contributed by atoms with Crippen molar-refractivity contribution in [3.63, 3.8) is 0 Å². The molecular weight excluding hydrogens is 705 g/mol. The molecule has 4 aromatic carbocycles. The van der Waals surface area contributed by atoms with Gasteiger partial charge in [0, 0.05) is 91.3 Å². The topological polar surface area (TPSA) is 242 Å². The van der Waals surface area contributed by atoms with Crippen LogP contribution in [-0.4, -0.2) is 40.4 Å². The summed E-state index contributed by atoms with van der Waals surface area (Å²) in [5.74, 6) is -0.920. The molecule has 0 saturated heterocycles. The van der Waals surface area contributed by atoms with Crippen LogP contribution < -0.4 is 22.9 Å². The van der Waals surface area contributed by atoms with E-state index in [2.05, 4.69) is 9.97 Å². The van der Waals surface area contributed by atoms with E-state index in [0.717, 1.165) is 11.1 Å². The number of aromatic amines is 2. The van der Waals surface area contributed by atoms with Crippen molar-refractivity contribution in [2.24, 2.45) is 0 Å². The van der Waals surface area contributed by atoms with Gasteiger partial charge < -0.3 is 53.3 Å². The van der Waals surface area contributed by atoms with Gasteiger partial charge in [-0.15, -0.1) is 0 Å². The maximum Gasteiger partial charge on any atom is 0.129 e. The molecule has 0 radical (unpaired) electrons. The Balaban J connectivity index is 1.50. The van der Waals surface area contributed by atoms with E-state index >= 15 is 0 Å². The van der Waals surface area contributed by atoms with Crippen LogP contribution in [0, 0.1) is 0 Å². The minimum absolute atomic E-state index is 0.139. The van der Waals surface area contributed by atoms with Crippen LogP contribution in [0.4, 0.5) is 22.7 Å². The third kappa shape index (κ3) is 5.65. The number of nitrogens with one attached hydrogen (secondary N) is 2. The quantitative estimate of drug-likeness (QED) is 0.0772. The van der Waals surface area contributed by atoms with Crippen LogP contribution in [-0.2, 0) is 0 Å². The maximum atomic E-state index is 11.3. The van der Waals surface area contributed by atoms with E-state index in [4.69, 9.17) is 32.9 Å². The monoisotopic (exact) mass is 738 g/mol. The fourth-order valence-corrected chi connectivity index (χ4v) is 7.42. The fraction of sp³-hybridized carbons (Fsp3) is 0. The van der Waals surface area contributed by atoms with Crippen molar-refractivity contribution in [1.82, 2.24) is 19.9 Å². The molecule has 0 aliphatic carbocycles. The van der Waals surface area contributed by atoms with E-state index in [0.29, 0.717) is 78.5 Å². The zero-order valence-electron chi connectivity index (χ0n) is 29.5. The van der Waals surface area contributed by atoms with Crippen molar-refractivity contribution in [1.29, 1.82) is 0 Å². The number of aromatic hydroxyl groups is 4. The number of rotatable bonds is 4. The standard InChI is InChI=1S/C44H34N8O4/c45-23-5-1-21(2-6-23)39-27-9-13-31(49-27)41(43-35(53)17-25(47)18-36(43)54)33-15-11-29(51-33)40(22-3-7-24(46)8-4-22)30-12-16-34(52-30)42(32-14-10-28(39)50-32)44-37(55)19-26(48)20-38(44)56/h1-20,49,52-56H,45-48H2. The Bertz CT molecular complexity index is 2750. The second-order valence-corrected chi connectivity index (χ2v) is 13.6. The lowest BCUT2D eigenvalue weighted by molar-refractivity contribution is 0.454. The number of nitrogen functional groups attached to an aromatic ring is 4. The van der Waals surface area contributed by atoms with Gasteiger partial charge >= 0.3 is 0 Å². The molecule has 0 amide bonds. The molecule has 0 saturated carbocycles. The molecule has 14 N–H and O–H groups in total. The van der Waals surface area contributed by atoms with Crippen molar-refractivity contribution < 1.29 is 20.4 Å². The molecule has 2 aliphatic heterocycles. The molecule has 0 spiro atoms. The van der Waals surface area contributed by atoms with Crippen molar-refractivity contribution in [2.75, 3.05) is 22.9 Å². The second-order valence-electron chi connectivity index (χ2n) is 13.6. The van der Waals surface area contributed by atoms with Crippen molar-refractivity contribution in [3.05, 3.63) is 120 Å². The Labute approximate surface area is 319 Å². The van der Waals surface area contributed by atoms with Crippen molar-refractivity contribution in [3.8, 4) is 67.5 Å². The molecule has 12 heteroatoms. The van der Waals surface area contributed by atoms with Gasteiger partial charge in [-0.25, -0.2) is 9.97 Å². The van der Waals surface area contributed by atoms with Crippen LogP contribution in [0.15, 0.2) is 97.1 Å². The zero-order valence-corrected chi connectivity index (χ0v) is 29.5. The summed E-state index contributed by atoms with van der Waals surface area (Å²) in [6.45, 7) is 0. The Hall–Kier alpha value is -8.12. The number of anilines is 4. The minimum atomic E-state index is -0.230. The molecule has 8 bridgehead atoms. The number of hydrogen-bond donors (Lipinski definition) is 10.